The molecule has 0 aliphatic carbocycles. The fraction of sp³-hybridized carbons (Fsp3) is 0.522. The van der Waals surface area contributed by atoms with Crippen LogP contribution in [0.15, 0.2) is 33.9 Å². The highest BCUT2D eigenvalue weighted by Crippen LogP contribution is 2.22. The number of benzene rings is 1. The Morgan fingerprint density at radius 2 is 1.91 bits per heavy atom. The molecule has 0 atom stereocenters. The van der Waals surface area contributed by atoms with E-state index in [-0.39, 0.29) is 24.0 Å². The summed E-state index contributed by atoms with van der Waals surface area (Å²) in [6, 6.07) is 6.80. The predicted molar refractivity (Wildman–Crippen MR) is 126 cm³/mol. The molecule has 0 unspecified atom stereocenters. The highest BCUT2D eigenvalue weighted by atomic mass is 16.5. The number of carbonyl (C=O) groups excluding carboxylic acids is 1. The molecule has 0 spiro atoms. The Morgan fingerprint density at radius 3 is 2.53 bits per heavy atom. The molecule has 2 rings (SSSR count). The van der Waals surface area contributed by atoms with Crippen molar-refractivity contribution in [2.75, 3.05) is 37.5 Å². The number of nitrogens with zero attached hydrogens (tertiary/aromatic N) is 2. The van der Waals surface area contributed by atoms with E-state index in [9.17, 15) is 14.4 Å². The van der Waals surface area contributed by atoms with Crippen LogP contribution >= 0.6 is 0 Å². The molecule has 2 aromatic rings. The maximum absolute atomic E-state index is 13.5. The van der Waals surface area contributed by atoms with Crippen LogP contribution in [0, 0.1) is 11.8 Å². The van der Waals surface area contributed by atoms with Crippen molar-refractivity contribution >= 4 is 17.4 Å². The van der Waals surface area contributed by atoms with Crippen molar-refractivity contribution in [2.24, 2.45) is 11.8 Å². The number of H-pyrrole nitrogens is 1. The zero-order chi connectivity index (χ0) is 23.8. The summed E-state index contributed by atoms with van der Waals surface area (Å²) in [7, 11) is 1.56. The summed E-state index contributed by atoms with van der Waals surface area (Å²) < 4.78 is 12.1. The van der Waals surface area contributed by atoms with E-state index < -0.39 is 17.2 Å². The Labute approximate surface area is 188 Å². The molecular formula is C23H34N4O5. The normalized spacial score (nSPS) is 11.2. The minimum absolute atomic E-state index is 0.0366. The molecule has 0 bridgehead atoms. The molecule has 9 heteroatoms. The predicted octanol–water partition coefficient (Wildman–Crippen LogP) is 2.49. The smallest absolute Gasteiger partial charge is 0.330 e. The van der Waals surface area contributed by atoms with Gasteiger partial charge in [-0.2, -0.15) is 0 Å². The molecule has 3 N–H and O–H groups in total. The number of carbonyl (C=O) groups is 1. The SMILES string of the molecule is COCCCN(C(=O)c1cccc(OCC(C)C)c1)c1c(N)n(CC(C)C)c(=O)[nH]c1=O. The van der Waals surface area contributed by atoms with Crippen LogP contribution in [-0.4, -0.2) is 42.3 Å². The molecule has 1 aromatic heterocycles. The van der Waals surface area contributed by atoms with E-state index in [0.717, 1.165) is 0 Å². The van der Waals surface area contributed by atoms with Gasteiger partial charge in [0.25, 0.3) is 11.5 Å². The average molecular weight is 447 g/mol. The van der Waals surface area contributed by atoms with Gasteiger partial charge in [-0.15, -0.1) is 0 Å². The van der Waals surface area contributed by atoms with E-state index in [1.54, 1.807) is 31.4 Å². The second kappa shape index (κ2) is 11.5. The molecular weight excluding hydrogens is 412 g/mol. The fourth-order valence-corrected chi connectivity index (χ4v) is 3.20. The largest absolute Gasteiger partial charge is 0.493 e. The van der Waals surface area contributed by atoms with Crippen LogP contribution in [-0.2, 0) is 11.3 Å². The van der Waals surface area contributed by atoms with Crippen molar-refractivity contribution in [3.63, 3.8) is 0 Å². The number of amides is 1. The standard InChI is InChI=1S/C23H34N4O5/c1-15(2)13-27-20(24)19(21(28)25-23(27)30)26(10-7-11-31-5)22(29)17-8-6-9-18(12-17)32-14-16(3)4/h6,8-9,12,15-16H,7,10-11,13-14,24H2,1-5H3,(H,25,28,30). The lowest BCUT2D eigenvalue weighted by molar-refractivity contribution is 0.0982. The number of hydrogen-bond acceptors (Lipinski definition) is 6. The van der Waals surface area contributed by atoms with Crippen LogP contribution in [0.2, 0.25) is 0 Å². The van der Waals surface area contributed by atoms with Crippen molar-refractivity contribution in [1.82, 2.24) is 9.55 Å². The lowest BCUT2D eigenvalue weighted by atomic mass is 10.1. The van der Waals surface area contributed by atoms with Gasteiger partial charge in [-0.25, -0.2) is 4.79 Å². The average Bonchev–Trinajstić information content (AvgIpc) is 2.73. The van der Waals surface area contributed by atoms with Crippen LogP contribution in [0.4, 0.5) is 11.5 Å². The Kier molecular flexibility index (Phi) is 9.07. The van der Waals surface area contributed by atoms with Crippen LogP contribution in [0.1, 0.15) is 44.5 Å². The van der Waals surface area contributed by atoms with Crippen molar-refractivity contribution in [1.29, 1.82) is 0 Å². The van der Waals surface area contributed by atoms with Gasteiger partial charge in [-0.3, -0.25) is 19.1 Å². The second-order valence-electron chi connectivity index (χ2n) is 8.53. The third-order valence-corrected chi connectivity index (χ3v) is 4.67. The van der Waals surface area contributed by atoms with Gasteiger partial charge in [0.15, 0.2) is 5.69 Å². The number of nitrogens with two attached hydrogens (primary N) is 1. The van der Waals surface area contributed by atoms with Gasteiger partial charge in [0.1, 0.15) is 11.6 Å². The molecule has 32 heavy (non-hydrogen) atoms. The van der Waals surface area contributed by atoms with Gasteiger partial charge >= 0.3 is 5.69 Å². The Balaban J connectivity index is 2.51. The molecule has 0 saturated heterocycles. The van der Waals surface area contributed by atoms with Crippen LogP contribution in [0.5, 0.6) is 5.75 Å². The number of methoxy groups -OCH3 is 1. The first-order valence-corrected chi connectivity index (χ1v) is 10.8. The first-order chi connectivity index (χ1) is 15.1. The van der Waals surface area contributed by atoms with Gasteiger partial charge in [-0.05, 0) is 36.5 Å². The van der Waals surface area contributed by atoms with Gasteiger partial charge in [0, 0.05) is 32.4 Å². The minimum atomic E-state index is -0.703. The van der Waals surface area contributed by atoms with E-state index in [4.69, 9.17) is 15.2 Å². The number of aromatic nitrogens is 2. The van der Waals surface area contributed by atoms with E-state index in [1.165, 1.54) is 9.47 Å². The number of nitrogens with one attached hydrogen (secondary N) is 1. The molecule has 1 aromatic carbocycles. The molecule has 1 amide bonds. The zero-order valence-corrected chi connectivity index (χ0v) is 19.5. The number of hydrogen-bond donors (Lipinski definition) is 2. The Morgan fingerprint density at radius 1 is 1.19 bits per heavy atom. The third-order valence-electron chi connectivity index (χ3n) is 4.67. The number of rotatable bonds is 11. The summed E-state index contributed by atoms with van der Waals surface area (Å²) in [6.07, 6.45) is 0.480. The zero-order valence-electron chi connectivity index (χ0n) is 19.5. The molecule has 1 heterocycles. The second-order valence-corrected chi connectivity index (χ2v) is 8.53. The summed E-state index contributed by atoms with van der Waals surface area (Å²) in [5.41, 5.74) is 5.27. The van der Waals surface area contributed by atoms with Gasteiger partial charge in [-0.1, -0.05) is 33.8 Å². The van der Waals surface area contributed by atoms with Crippen molar-refractivity contribution in [2.45, 2.75) is 40.7 Å². The molecule has 0 radical (unpaired) electrons. The topological polar surface area (TPSA) is 120 Å². The highest BCUT2D eigenvalue weighted by Gasteiger charge is 2.25. The fourth-order valence-electron chi connectivity index (χ4n) is 3.20. The van der Waals surface area contributed by atoms with Crippen molar-refractivity contribution in [3.05, 3.63) is 50.7 Å². The summed E-state index contributed by atoms with van der Waals surface area (Å²) >= 11 is 0. The lowest BCUT2D eigenvalue weighted by Gasteiger charge is -2.25. The van der Waals surface area contributed by atoms with Crippen LogP contribution in [0.3, 0.4) is 0 Å². The summed E-state index contributed by atoms with van der Waals surface area (Å²) in [6.45, 7) is 9.35. The molecule has 0 saturated carbocycles. The number of anilines is 2. The molecule has 176 valence electrons. The maximum Gasteiger partial charge on any atom is 0.330 e. The van der Waals surface area contributed by atoms with Crippen molar-refractivity contribution in [3.8, 4) is 5.75 Å². The van der Waals surface area contributed by atoms with Gasteiger partial charge < -0.3 is 20.1 Å². The van der Waals surface area contributed by atoms with E-state index >= 15 is 0 Å². The Bertz CT molecular complexity index is 1030. The molecule has 9 nitrogen and oxygen atoms in total. The van der Waals surface area contributed by atoms with Gasteiger partial charge in [0.2, 0.25) is 0 Å². The third kappa shape index (κ3) is 6.46. The van der Waals surface area contributed by atoms with Crippen LogP contribution < -0.4 is 26.6 Å². The number of nitrogen functional groups attached to an aromatic ring is 1. The molecule has 0 aliphatic heterocycles. The first kappa shape index (κ1) is 25.2. The quantitative estimate of drug-likeness (QED) is 0.512. The first-order valence-electron chi connectivity index (χ1n) is 10.8. The Hall–Kier alpha value is -3.07. The monoisotopic (exact) mass is 446 g/mol. The van der Waals surface area contributed by atoms with E-state index in [1.807, 2.05) is 27.7 Å². The summed E-state index contributed by atoms with van der Waals surface area (Å²) in [5.74, 6) is 0.558. The summed E-state index contributed by atoms with van der Waals surface area (Å²) in [4.78, 5) is 42.2. The lowest BCUT2D eigenvalue weighted by Crippen LogP contribution is -2.42. The van der Waals surface area contributed by atoms with Gasteiger partial charge in [0.05, 0.1) is 6.61 Å². The van der Waals surface area contributed by atoms with E-state index in [0.29, 0.717) is 43.4 Å². The van der Waals surface area contributed by atoms with E-state index in [2.05, 4.69) is 4.98 Å². The van der Waals surface area contributed by atoms with Crippen LogP contribution in [0.25, 0.3) is 0 Å². The summed E-state index contributed by atoms with van der Waals surface area (Å²) in [5, 5.41) is 0. The number of ether oxygens (including phenoxy) is 2. The van der Waals surface area contributed by atoms with Crippen molar-refractivity contribution < 1.29 is 14.3 Å². The maximum atomic E-state index is 13.5. The molecule has 0 fully saturated rings. The highest BCUT2D eigenvalue weighted by molar-refractivity contribution is 6.07. The number of aromatic amines is 1. The molecule has 0 aliphatic rings. The minimum Gasteiger partial charge on any atom is -0.493 e.